The van der Waals surface area contributed by atoms with Crippen LogP contribution in [-0.2, 0) is 17.8 Å². The lowest BCUT2D eigenvalue weighted by Crippen LogP contribution is -2.22. The standard InChI is InChI=1S/C8H11F3N4O2/c1-2-17-7(16)6-5(3-12)15(14-13-6)4-8(9,10)11/h2-4,12H2,1H3. The molecule has 0 spiro atoms. The molecule has 2 N–H and O–H groups in total. The van der Waals surface area contributed by atoms with E-state index in [0.29, 0.717) is 4.68 Å². The summed E-state index contributed by atoms with van der Waals surface area (Å²) in [7, 11) is 0. The first-order valence-electron chi connectivity index (χ1n) is 4.75. The van der Waals surface area contributed by atoms with E-state index in [9.17, 15) is 18.0 Å². The van der Waals surface area contributed by atoms with E-state index in [1.807, 2.05) is 0 Å². The number of esters is 1. The minimum Gasteiger partial charge on any atom is -0.461 e. The van der Waals surface area contributed by atoms with E-state index < -0.39 is 18.7 Å². The number of rotatable bonds is 4. The van der Waals surface area contributed by atoms with Gasteiger partial charge >= 0.3 is 12.1 Å². The summed E-state index contributed by atoms with van der Waals surface area (Å²) in [6, 6.07) is 0. The number of hydrogen-bond donors (Lipinski definition) is 1. The topological polar surface area (TPSA) is 83.0 Å². The van der Waals surface area contributed by atoms with Gasteiger partial charge in [0.05, 0.1) is 12.3 Å². The van der Waals surface area contributed by atoms with E-state index in [-0.39, 0.29) is 24.5 Å². The minimum absolute atomic E-state index is 0.0922. The molecule has 1 aromatic heterocycles. The Bertz CT molecular complexity index is 402. The van der Waals surface area contributed by atoms with Gasteiger partial charge in [0.2, 0.25) is 0 Å². The quantitative estimate of drug-likeness (QED) is 0.788. The van der Waals surface area contributed by atoms with Crippen LogP contribution in [0.5, 0.6) is 0 Å². The molecule has 0 fully saturated rings. The molecule has 9 heteroatoms. The smallest absolute Gasteiger partial charge is 0.408 e. The number of carbonyl (C=O) groups excluding carboxylic acids is 1. The van der Waals surface area contributed by atoms with Gasteiger partial charge in [-0.15, -0.1) is 5.10 Å². The molecule has 6 nitrogen and oxygen atoms in total. The normalized spacial score (nSPS) is 11.6. The van der Waals surface area contributed by atoms with Gasteiger partial charge in [-0.2, -0.15) is 13.2 Å². The van der Waals surface area contributed by atoms with Gasteiger partial charge in [-0.3, -0.25) is 0 Å². The summed E-state index contributed by atoms with van der Waals surface area (Å²) in [6.07, 6.45) is -4.45. The fourth-order valence-electron chi connectivity index (χ4n) is 1.19. The van der Waals surface area contributed by atoms with Crippen LogP contribution in [0.4, 0.5) is 13.2 Å². The highest BCUT2D eigenvalue weighted by Gasteiger charge is 2.31. The van der Waals surface area contributed by atoms with E-state index in [4.69, 9.17) is 5.73 Å². The van der Waals surface area contributed by atoms with Crippen molar-refractivity contribution < 1.29 is 22.7 Å². The highest BCUT2D eigenvalue weighted by Crippen LogP contribution is 2.18. The summed E-state index contributed by atoms with van der Waals surface area (Å²) in [4.78, 5) is 11.3. The summed E-state index contributed by atoms with van der Waals surface area (Å²) in [5.74, 6) is -0.832. The van der Waals surface area contributed by atoms with Crippen molar-refractivity contribution in [3.63, 3.8) is 0 Å². The van der Waals surface area contributed by atoms with Gasteiger partial charge in [-0.25, -0.2) is 9.48 Å². The van der Waals surface area contributed by atoms with Crippen LogP contribution in [0.2, 0.25) is 0 Å². The zero-order valence-corrected chi connectivity index (χ0v) is 8.99. The van der Waals surface area contributed by atoms with Gasteiger partial charge in [-0.05, 0) is 6.92 Å². The van der Waals surface area contributed by atoms with Crippen LogP contribution in [0, 0.1) is 0 Å². The average Bonchev–Trinajstić information content (AvgIpc) is 2.58. The Labute approximate surface area is 94.5 Å². The third-order valence-electron chi connectivity index (χ3n) is 1.83. The largest absolute Gasteiger partial charge is 0.461 e. The van der Waals surface area contributed by atoms with Crippen LogP contribution in [0.3, 0.4) is 0 Å². The van der Waals surface area contributed by atoms with Crippen LogP contribution in [-0.4, -0.2) is 33.7 Å². The molecule has 17 heavy (non-hydrogen) atoms. The molecule has 0 aromatic carbocycles. The summed E-state index contributed by atoms with van der Waals surface area (Å²) in [5.41, 5.74) is 4.90. The Hall–Kier alpha value is -1.64. The van der Waals surface area contributed by atoms with E-state index >= 15 is 0 Å². The molecule has 0 aliphatic rings. The van der Waals surface area contributed by atoms with Crippen molar-refractivity contribution in [2.45, 2.75) is 26.2 Å². The lowest BCUT2D eigenvalue weighted by atomic mass is 10.3. The predicted molar refractivity (Wildman–Crippen MR) is 49.9 cm³/mol. The van der Waals surface area contributed by atoms with Crippen LogP contribution in [0.1, 0.15) is 23.1 Å². The van der Waals surface area contributed by atoms with Crippen molar-refractivity contribution in [2.24, 2.45) is 5.73 Å². The second kappa shape index (κ2) is 5.13. The molecule has 0 radical (unpaired) electrons. The zero-order valence-electron chi connectivity index (χ0n) is 8.99. The average molecular weight is 252 g/mol. The summed E-state index contributed by atoms with van der Waals surface area (Å²) >= 11 is 0. The SMILES string of the molecule is CCOC(=O)c1nnn(CC(F)(F)F)c1CN. The maximum absolute atomic E-state index is 12.2. The van der Waals surface area contributed by atoms with Crippen molar-refractivity contribution in [1.82, 2.24) is 15.0 Å². The molecule has 0 unspecified atom stereocenters. The second-order valence-electron chi connectivity index (χ2n) is 3.08. The Morgan fingerprint density at radius 3 is 2.65 bits per heavy atom. The summed E-state index contributed by atoms with van der Waals surface area (Å²) < 4.78 is 41.7. The van der Waals surface area contributed by atoms with Crippen LogP contribution >= 0.6 is 0 Å². The van der Waals surface area contributed by atoms with Crippen LogP contribution in [0.15, 0.2) is 0 Å². The minimum atomic E-state index is -4.45. The maximum Gasteiger partial charge on any atom is 0.408 e. The van der Waals surface area contributed by atoms with Gasteiger partial charge in [0.25, 0.3) is 0 Å². The first kappa shape index (κ1) is 13.4. The number of carbonyl (C=O) groups is 1. The summed E-state index contributed by atoms with van der Waals surface area (Å²) in [6.45, 7) is 0.0400. The number of hydrogen-bond acceptors (Lipinski definition) is 5. The van der Waals surface area contributed by atoms with Crippen LogP contribution < -0.4 is 5.73 Å². The number of aromatic nitrogens is 3. The second-order valence-corrected chi connectivity index (χ2v) is 3.08. The molecule has 0 saturated carbocycles. The Morgan fingerprint density at radius 2 is 2.18 bits per heavy atom. The van der Waals surface area contributed by atoms with Crippen molar-refractivity contribution in [3.8, 4) is 0 Å². The fraction of sp³-hybridized carbons (Fsp3) is 0.625. The van der Waals surface area contributed by atoms with E-state index in [2.05, 4.69) is 15.0 Å². The molecule has 0 amide bonds. The van der Waals surface area contributed by atoms with Crippen molar-refractivity contribution in [2.75, 3.05) is 6.61 Å². The number of ether oxygens (including phenoxy) is 1. The van der Waals surface area contributed by atoms with Crippen LogP contribution in [0.25, 0.3) is 0 Å². The Balaban J connectivity index is 2.99. The Morgan fingerprint density at radius 1 is 1.53 bits per heavy atom. The first-order chi connectivity index (χ1) is 7.89. The van der Waals surface area contributed by atoms with Crippen molar-refractivity contribution in [3.05, 3.63) is 11.4 Å². The first-order valence-corrected chi connectivity index (χ1v) is 4.75. The number of halogens is 3. The fourth-order valence-corrected chi connectivity index (χ4v) is 1.19. The van der Waals surface area contributed by atoms with Crippen molar-refractivity contribution in [1.29, 1.82) is 0 Å². The predicted octanol–water partition coefficient (Wildman–Crippen LogP) is 0.476. The van der Waals surface area contributed by atoms with Gasteiger partial charge in [-0.1, -0.05) is 5.21 Å². The Kier molecular flexibility index (Phi) is 4.05. The van der Waals surface area contributed by atoms with Gasteiger partial charge in [0, 0.05) is 6.54 Å². The molecule has 0 saturated heterocycles. The summed E-state index contributed by atoms with van der Waals surface area (Å²) in [5, 5.41) is 6.59. The third-order valence-corrected chi connectivity index (χ3v) is 1.83. The highest BCUT2D eigenvalue weighted by molar-refractivity contribution is 5.88. The lowest BCUT2D eigenvalue weighted by molar-refractivity contribution is -0.143. The van der Waals surface area contributed by atoms with Gasteiger partial charge in [0.15, 0.2) is 5.69 Å². The van der Waals surface area contributed by atoms with E-state index in [1.54, 1.807) is 6.92 Å². The molecule has 0 aliphatic heterocycles. The lowest BCUT2D eigenvalue weighted by Gasteiger charge is -2.08. The van der Waals surface area contributed by atoms with E-state index in [0.717, 1.165) is 0 Å². The van der Waals surface area contributed by atoms with E-state index in [1.165, 1.54) is 0 Å². The molecular formula is C8H11F3N4O2. The zero-order chi connectivity index (χ0) is 13.1. The molecule has 1 rings (SSSR count). The number of nitrogens with zero attached hydrogens (tertiary/aromatic N) is 3. The molecular weight excluding hydrogens is 241 g/mol. The molecule has 0 atom stereocenters. The third kappa shape index (κ3) is 3.41. The monoisotopic (exact) mass is 252 g/mol. The molecule has 96 valence electrons. The molecule has 0 aliphatic carbocycles. The molecule has 1 heterocycles. The van der Waals surface area contributed by atoms with Gasteiger partial charge < -0.3 is 10.5 Å². The number of alkyl halides is 3. The van der Waals surface area contributed by atoms with Crippen molar-refractivity contribution >= 4 is 5.97 Å². The number of nitrogens with two attached hydrogens (primary N) is 1. The highest BCUT2D eigenvalue weighted by atomic mass is 19.4. The molecule has 1 aromatic rings. The molecule has 0 bridgehead atoms. The maximum atomic E-state index is 12.2. The van der Waals surface area contributed by atoms with Gasteiger partial charge in [0.1, 0.15) is 6.54 Å².